The molecule has 9 nitrogen and oxygen atoms in total. The molecular formula is C17H17N5O4S2. The number of hydrogen-bond acceptors (Lipinski definition) is 6. The van der Waals surface area contributed by atoms with Crippen LogP contribution < -0.4 is 15.8 Å². The lowest BCUT2D eigenvalue weighted by atomic mass is 10.2. The second-order valence-corrected chi connectivity index (χ2v) is 8.31. The molecule has 1 aromatic carbocycles. The number of sulfonamides is 1. The second kappa shape index (κ2) is 7.92. The lowest BCUT2D eigenvalue weighted by Gasteiger charge is -2.06. The van der Waals surface area contributed by atoms with Crippen molar-refractivity contribution in [3.8, 4) is 11.3 Å². The number of primary amides is 1. The van der Waals surface area contributed by atoms with Gasteiger partial charge in [0.2, 0.25) is 10.0 Å². The van der Waals surface area contributed by atoms with Gasteiger partial charge in [-0.1, -0.05) is 6.92 Å². The number of thiazole rings is 1. The van der Waals surface area contributed by atoms with Gasteiger partial charge in [0.15, 0.2) is 5.13 Å². The first-order valence-electron chi connectivity index (χ1n) is 8.15. The maximum Gasteiger partial charge on any atom is 0.265 e. The Kier molecular flexibility index (Phi) is 5.58. The monoisotopic (exact) mass is 419 g/mol. The lowest BCUT2D eigenvalue weighted by Crippen LogP contribution is -2.23. The van der Waals surface area contributed by atoms with Crippen molar-refractivity contribution in [2.24, 2.45) is 5.73 Å². The normalized spacial score (nSPS) is 11.3. The van der Waals surface area contributed by atoms with E-state index in [2.05, 4.69) is 20.0 Å². The summed E-state index contributed by atoms with van der Waals surface area (Å²) in [5.74, 6) is -0.991. The molecule has 3 aromatic rings. The van der Waals surface area contributed by atoms with Crippen molar-refractivity contribution in [1.29, 1.82) is 0 Å². The summed E-state index contributed by atoms with van der Waals surface area (Å²) in [6.07, 6.45) is 1.60. The van der Waals surface area contributed by atoms with E-state index in [0.29, 0.717) is 22.0 Å². The van der Waals surface area contributed by atoms with Crippen LogP contribution in [0.4, 0.5) is 5.13 Å². The number of amides is 2. The number of aromatic nitrogens is 2. The summed E-state index contributed by atoms with van der Waals surface area (Å²) in [4.78, 5) is 30.7. The Bertz CT molecular complexity index is 1120. The first kappa shape index (κ1) is 19.7. The molecule has 0 fully saturated rings. The number of benzene rings is 1. The first-order valence-corrected chi connectivity index (χ1v) is 10.5. The molecule has 0 saturated carbocycles. The van der Waals surface area contributed by atoms with E-state index in [1.807, 2.05) is 0 Å². The van der Waals surface area contributed by atoms with E-state index in [4.69, 9.17) is 5.73 Å². The quantitative estimate of drug-likeness (QED) is 0.461. The molecular weight excluding hydrogens is 402 g/mol. The number of hydrogen-bond donors (Lipinski definition) is 4. The van der Waals surface area contributed by atoms with Gasteiger partial charge in [-0.05, 0) is 30.3 Å². The van der Waals surface area contributed by atoms with Crippen molar-refractivity contribution in [3.63, 3.8) is 0 Å². The zero-order valence-electron chi connectivity index (χ0n) is 14.7. The van der Waals surface area contributed by atoms with Crippen LogP contribution >= 0.6 is 11.3 Å². The van der Waals surface area contributed by atoms with Crippen LogP contribution in [-0.4, -0.2) is 36.7 Å². The number of carbonyl (C=O) groups is 2. The van der Waals surface area contributed by atoms with Crippen molar-refractivity contribution < 1.29 is 18.0 Å². The van der Waals surface area contributed by atoms with Gasteiger partial charge in [-0.2, -0.15) is 0 Å². The zero-order chi connectivity index (χ0) is 20.3. The maximum absolute atomic E-state index is 12.4. The molecule has 2 heterocycles. The number of nitrogens with two attached hydrogens (primary N) is 1. The Balaban J connectivity index is 1.71. The molecule has 0 aliphatic carbocycles. The van der Waals surface area contributed by atoms with E-state index < -0.39 is 21.8 Å². The van der Waals surface area contributed by atoms with Gasteiger partial charge in [-0.3, -0.25) is 14.9 Å². The number of anilines is 1. The molecule has 0 atom stereocenters. The van der Waals surface area contributed by atoms with E-state index in [9.17, 15) is 18.0 Å². The maximum atomic E-state index is 12.4. The second-order valence-electron chi connectivity index (χ2n) is 5.68. The first-order chi connectivity index (χ1) is 13.3. The zero-order valence-corrected chi connectivity index (χ0v) is 16.4. The van der Waals surface area contributed by atoms with Gasteiger partial charge in [0.1, 0.15) is 5.69 Å². The van der Waals surface area contributed by atoms with E-state index >= 15 is 0 Å². The number of carbonyl (C=O) groups excluding carboxylic acids is 2. The van der Waals surface area contributed by atoms with Gasteiger partial charge in [-0.15, -0.1) is 11.3 Å². The van der Waals surface area contributed by atoms with E-state index in [1.54, 1.807) is 24.6 Å². The molecule has 146 valence electrons. The van der Waals surface area contributed by atoms with Gasteiger partial charge in [-0.25, -0.2) is 18.1 Å². The van der Waals surface area contributed by atoms with E-state index in [1.165, 1.54) is 35.6 Å². The highest BCUT2D eigenvalue weighted by Gasteiger charge is 2.15. The third-order valence-electron chi connectivity index (χ3n) is 3.73. The third kappa shape index (κ3) is 4.27. The molecule has 0 aliphatic heterocycles. The molecule has 2 amide bonds. The molecule has 0 aliphatic rings. The van der Waals surface area contributed by atoms with Crippen LogP contribution in [0, 0.1) is 0 Å². The van der Waals surface area contributed by atoms with Gasteiger partial charge < -0.3 is 10.7 Å². The van der Waals surface area contributed by atoms with Gasteiger partial charge >= 0.3 is 0 Å². The molecule has 28 heavy (non-hydrogen) atoms. The summed E-state index contributed by atoms with van der Waals surface area (Å²) in [7, 11) is -3.57. The van der Waals surface area contributed by atoms with Gasteiger partial charge in [0.05, 0.1) is 10.6 Å². The predicted molar refractivity (Wildman–Crippen MR) is 106 cm³/mol. The Hall–Kier alpha value is -3.02. The fourth-order valence-electron chi connectivity index (χ4n) is 2.38. The van der Waals surface area contributed by atoms with Crippen LogP contribution in [0.5, 0.6) is 0 Å². The highest BCUT2D eigenvalue weighted by molar-refractivity contribution is 7.89. The predicted octanol–water partition coefficient (Wildman–Crippen LogP) is 1.79. The molecule has 11 heteroatoms. The largest absolute Gasteiger partial charge is 0.364 e. The summed E-state index contributed by atoms with van der Waals surface area (Å²) < 4.78 is 26.3. The summed E-state index contributed by atoms with van der Waals surface area (Å²) in [6.45, 7) is 1.96. The molecule has 0 spiro atoms. The summed E-state index contributed by atoms with van der Waals surface area (Å²) >= 11 is 1.22. The van der Waals surface area contributed by atoms with Crippen LogP contribution in [0.2, 0.25) is 0 Å². The Morgan fingerprint density at radius 3 is 2.57 bits per heavy atom. The van der Waals surface area contributed by atoms with Crippen molar-refractivity contribution in [2.45, 2.75) is 11.8 Å². The lowest BCUT2D eigenvalue weighted by molar-refractivity contribution is 0.0994. The number of nitrogens with zero attached hydrogens (tertiary/aromatic N) is 1. The van der Waals surface area contributed by atoms with Crippen LogP contribution in [0.25, 0.3) is 11.3 Å². The molecule has 0 bridgehead atoms. The van der Waals surface area contributed by atoms with E-state index in [0.717, 1.165) is 0 Å². The van der Waals surface area contributed by atoms with E-state index in [-0.39, 0.29) is 17.1 Å². The average molecular weight is 419 g/mol. The molecule has 5 N–H and O–H groups in total. The number of H-pyrrole nitrogens is 1. The molecule has 3 rings (SSSR count). The number of aromatic amines is 1. The van der Waals surface area contributed by atoms with Crippen LogP contribution in [-0.2, 0) is 10.0 Å². The highest BCUT2D eigenvalue weighted by atomic mass is 32.2. The summed E-state index contributed by atoms with van der Waals surface area (Å²) in [6, 6.07) is 7.17. The molecule has 0 saturated heterocycles. The topological polar surface area (TPSA) is 147 Å². The van der Waals surface area contributed by atoms with Crippen LogP contribution in [0.1, 0.15) is 27.8 Å². The van der Waals surface area contributed by atoms with Crippen molar-refractivity contribution in [2.75, 3.05) is 11.9 Å². The van der Waals surface area contributed by atoms with Crippen molar-refractivity contribution >= 4 is 38.3 Å². The SMILES string of the molecule is CCNS(=O)(=O)c1ccc(C(=O)Nc2nc(-c3c[nH]c(C(N)=O)c3)cs2)cc1. The average Bonchev–Trinajstić information content (AvgIpc) is 3.31. The summed E-state index contributed by atoms with van der Waals surface area (Å²) in [5.41, 5.74) is 7.02. The van der Waals surface area contributed by atoms with Gasteiger partial charge in [0.25, 0.3) is 11.8 Å². The van der Waals surface area contributed by atoms with Gasteiger partial charge in [0, 0.05) is 29.2 Å². The minimum Gasteiger partial charge on any atom is -0.364 e. The Morgan fingerprint density at radius 1 is 1.25 bits per heavy atom. The standard InChI is InChI=1S/C17H17N5O4S2/c1-2-20-28(25,26)12-5-3-10(4-6-12)16(24)22-17-21-14(9-27-17)11-7-13(15(18)23)19-8-11/h3-9,19-20H,2H2,1H3,(H2,18,23)(H,21,22,24). The molecule has 0 unspecified atom stereocenters. The van der Waals surface area contributed by atoms with Crippen molar-refractivity contribution in [3.05, 3.63) is 53.2 Å². The Labute approximate surface area is 165 Å². The fraction of sp³-hybridized carbons (Fsp3) is 0.118. The number of rotatable bonds is 7. The van der Waals surface area contributed by atoms with Crippen LogP contribution in [0.15, 0.2) is 46.8 Å². The minimum atomic E-state index is -3.57. The third-order valence-corrected chi connectivity index (χ3v) is 6.05. The molecule has 0 radical (unpaired) electrons. The Morgan fingerprint density at radius 2 is 1.96 bits per heavy atom. The smallest absolute Gasteiger partial charge is 0.265 e. The van der Waals surface area contributed by atoms with Crippen molar-refractivity contribution in [1.82, 2.24) is 14.7 Å². The molecule has 2 aromatic heterocycles. The highest BCUT2D eigenvalue weighted by Crippen LogP contribution is 2.26. The van der Waals surface area contributed by atoms with Crippen LogP contribution in [0.3, 0.4) is 0 Å². The fourth-order valence-corrected chi connectivity index (χ4v) is 4.13. The minimum absolute atomic E-state index is 0.0835. The summed E-state index contributed by atoms with van der Waals surface area (Å²) in [5, 5.41) is 4.76. The number of nitrogens with one attached hydrogen (secondary N) is 3.